The van der Waals surface area contributed by atoms with Crippen LogP contribution in [0.5, 0.6) is 11.5 Å². The highest BCUT2D eigenvalue weighted by atomic mass is 35.5. The molecule has 11 heteroatoms. The van der Waals surface area contributed by atoms with Gasteiger partial charge in [0.2, 0.25) is 0 Å². The van der Waals surface area contributed by atoms with Crippen molar-refractivity contribution >= 4 is 52.6 Å². The lowest BCUT2D eigenvalue weighted by atomic mass is 9.95. The number of fused-ring (bicyclic) bond motifs is 1. The van der Waals surface area contributed by atoms with Crippen molar-refractivity contribution < 1.29 is 23.8 Å². The molecule has 0 spiro atoms. The normalized spacial score (nSPS) is 15.1. The van der Waals surface area contributed by atoms with E-state index in [0.29, 0.717) is 48.6 Å². The smallest absolute Gasteiger partial charge is 0.338 e. The molecule has 1 aliphatic rings. The number of nitrogens with zero attached hydrogens (tertiary/aromatic N) is 2. The number of hydrogen-bond donors (Lipinski definition) is 0. The monoisotopic (exact) mass is 602 g/mol. The number of benzene rings is 2. The van der Waals surface area contributed by atoms with E-state index < -0.39 is 18.0 Å². The number of ether oxygens (including phenoxy) is 3. The second-order valence-electron chi connectivity index (χ2n) is 9.47. The maximum absolute atomic E-state index is 13.9. The van der Waals surface area contributed by atoms with Crippen molar-refractivity contribution in [2.24, 2.45) is 10.9 Å². The number of hydrogen-bond acceptors (Lipinski definition) is 8. The third-order valence-corrected chi connectivity index (χ3v) is 7.42. The summed E-state index contributed by atoms with van der Waals surface area (Å²) in [5.41, 5.74) is 1.47. The first-order chi connectivity index (χ1) is 19.0. The van der Waals surface area contributed by atoms with E-state index >= 15 is 0 Å². The van der Waals surface area contributed by atoms with E-state index in [4.69, 9.17) is 37.4 Å². The maximum Gasteiger partial charge on any atom is 0.338 e. The molecule has 1 aromatic heterocycles. The second kappa shape index (κ2) is 12.4. The highest BCUT2D eigenvalue weighted by molar-refractivity contribution is 7.07. The third-order valence-electron chi connectivity index (χ3n) is 5.88. The summed E-state index contributed by atoms with van der Waals surface area (Å²) in [5, 5.41) is 0.873. The lowest BCUT2D eigenvalue weighted by molar-refractivity contribution is -0.140. The minimum atomic E-state index is -0.871. The molecule has 8 nitrogen and oxygen atoms in total. The second-order valence-corrected chi connectivity index (χ2v) is 11.3. The fraction of sp³-hybridized carbons (Fsp3) is 0.310. The summed E-state index contributed by atoms with van der Waals surface area (Å²) in [4.78, 5) is 44.0. The van der Waals surface area contributed by atoms with E-state index in [1.54, 1.807) is 56.3 Å². The number of aromatic nitrogens is 1. The predicted molar refractivity (Wildman–Crippen MR) is 155 cm³/mol. The summed E-state index contributed by atoms with van der Waals surface area (Å²) in [5.74, 6) is -0.434. The number of thiazole rings is 1. The molecule has 0 saturated heterocycles. The molecule has 1 atom stereocenters. The number of allylic oxidation sites excluding steroid dienone is 1. The van der Waals surface area contributed by atoms with E-state index in [0.717, 1.165) is 0 Å². The number of esters is 2. The summed E-state index contributed by atoms with van der Waals surface area (Å²) in [6.45, 7) is 9.19. The fourth-order valence-electron chi connectivity index (χ4n) is 4.18. The molecule has 3 aromatic rings. The Morgan fingerprint density at radius 3 is 2.55 bits per heavy atom. The zero-order valence-electron chi connectivity index (χ0n) is 22.6. The van der Waals surface area contributed by atoms with Crippen molar-refractivity contribution in [1.29, 1.82) is 0 Å². The molecule has 0 saturated carbocycles. The molecule has 0 N–H and O–H groups in total. The molecule has 0 amide bonds. The lowest BCUT2D eigenvalue weighted by Crippen LogP contribution is -2.40. The average molecular weight is 604 g/mol. The first kappa shape index (κ1) is 29.6. The van der Waals surface area contributed by atoms with E-state index in [-0.39, 0.29) is 29.4 Å². The molecule has 2 heterocycles. The number of carbonyl (C=O) groups excluding carboxylic acids is 2. The summed E-state index contributed by atoms with van der Waals surface area (Å²) >= 11 is 13.6. The van der Waals surface area contributed by atoms with Crippen molar-refractivity contribution in [3.8, 4) is 11.5 Å². The average Bonchev–Trinajstić information content (AvgIpc) is 3.18. The largest absolute Gasteiger partial charge is 0.490 e. The van der Waals surface area contributed by atoms with E-state index in [2.05, 4.69) is 4.99 Å². The molecule has 2 aromatic carbocycles. The number of halogens is 2. The van der Waals surface area contributed by atoms with Crippen LogP contribution in [0.4, 0.5) is 0 Å². The van der Waals surface area contributed by atoms with Gasteiger partial charge < -0.3 is 14.2 Å². The Hall–Kier alpha value is -3.40. The van der Waals surface area contributed by atoms with Crippen LogP contribution in [0.2, 0.25) is 10.0 Å². The zero-order chi connectivity index (χ0) is 29.1. The zero-order valence-corrected chi connectivity index (χ0v) is 24.9. The SMILES string of the molecule is CCOc1cc([C@@H]2C(C(=O)OCC(C)C)=C(C)N=c3s/c(=C\c4ccc(Cl)cc4Cl)c(=O)n32)ccc1OC(C)=O. The Balaban J connectivity index is 1.94. The lowest BCUT2D eigenvalue weighted by Gasteiger charge is -2.25. The molecule has 210 valence electrons. The van der Waals surface area contributed by atoms with Crippen molar-refractivity contribution in [3.05, 3.63) is 88.5 Å². The van der Waals surface area contributed by atoms with Gasteiger partial charge in [-0.25, -0.2) is 9.79 Å². The van der Waals surface area contributed by atoms with Gasteiger partial charge in [0.1, 0.15) is 0 Å². The van der Waals surface area contributed by atoms with Crippen LogP contribution in [-0.4, -0.2) is 29.7 Å². The summed E-state index contributed by atoms with van der Waals surface area (Å²) in [7, 11) is 0. The van der Waals surface area contributed by atoms with Gasteiger partial charge in [-0.05, 0) is 61.2 Å². The highest BCUT2D eigenvalue weighted by Crippen LogP contribution is 2.36. The van der Waals surface area contributed by atoms with Crippen LogP contribution in [0.25, 0.3) is 6.08 Å². The van der Waals surface area contributed by atoms with E-state index in [9.17, 15) is 14.4 Å². The quantitative estimate of drug-likeness (QED) is 0.264. The maximum atomic E-state index is 13.9. The first-order valence-corrected chi connectivity index (χ1v) is 14.2. The van der Waals surface area contributed by atoms with Crippen LogP contribution in [0.1, 0.15) is 51.8 Å². The van der Waals surface area contributed by atoms with Crippen molar-refractivity contribution in [3.63, 3.8) is 0 Å². The Bertz CT molecular complexity index is 1690. The van der Waals surface area contributed by atoms with Gasteiger partial charge in [-0.3, -0.25) is 14.2 Å². The molecule has 1 aliphatic heterocycles. The standard InChI is InChI=1S/C29H28Cl2N2O6S/c1-6-37-23-11-19(8-10-22(23)39-17(5)34)26-25(28(36)38-14-15(2)3)16(4)32-29-33(26)27(35)24(40-29)12-18-7-9-20(30)13-21(18)31/h7-13,15,26H,6,14H2,1-5H3/b24-12-/t26-/m1/s1. The number of carbonyl (C=O) groups is 2. The van der Waals surface area contributed by atoms with Crippen LogP contribution < -0.4 is 24.4 Å². The van der Waals surface area contributed by atoms with Crippen molar-refractivity contribution in [2.75, 3.05) is 13.2 Å². The fourth-order valence-corrected chi connectivity index (χ4v) is 5.68. The van der Waals surface area contributed by atoms with Gasteiger partial charge in [-0.15, -0.1) is 0 Å². The predicted octanol–water partition coefficient (Wildman–Crippen LogP) is 5.07. The minimum absolute atomic E-state index is 0.112. The Labute approximate surface area is 245 Å². The molecule has 0 aliphatic carbocycles. The molecular formula is C29H28Cl2N2O6S. The van der Waals surface area contributed by atoms with Gasteiger partial charge in [0.05, 0.1) is 35.1 Å². The molecule has 0 fully saturated rings. The van der Waals surface area contributed by atoms with Gasteiger partial charge in [0, 0.05) is 17.0 Å². The van der Waals surface area contributed by atoms with Crippen LogP contribution in [0.3, 0.4) is 0 Å². The first-order valence-electron chi connectivity index (χ1n) is 12.6. The Morgan fingerprint density at radius 2 is 1.90 bits per heavy atom. The highest BCUT2D eigenvalue weighted by Gasteiger charge is 2.34. The molecular weight excluding hydrogens is 575 g/mol. The summed E-state index contributed by atoms with van der Waals surface area (Å²) < 4.78 is 18.5. The summed E-state index contributed by atoms with van der Waals surface area (Å²) in [6, 6.07) is 9.07. The van der Waals surface area contributed by atoms with Gasteiger partial charge in [0.25, 0.3) is 5.56 Å². The van der Waals surface area contributed by atoms with E-state index in [1.807, 2.05) is 13.8 Å². The van der Waals surface area contributed by atoms with Gasteiger partial charge >= 0.3 is 11.9 Å². The summed E-state index contributed by atoms with van der Waals surface area (Å²) in [6.07, 6.45) is 1.67. The van der Waals surface area contributed by atoms with Crippen LogP contribution in [0.15, 0.2) is 57.5 Å². The molecule has 0 bridgehead atoms. The van der Waals surface area contributed by atoms with Gasteiger partial charge in [-0.1, -0.05) is 60.5 Å². The van der Waals surface area contributed by atoms with Gasteiger partial charge in [0.15, 0.2) is 16.3 Å². The van der Waals surface area contributed by atoms with E-state index in [1.165, 1.54) is 22.8 Å². The number of rotatable bonds is 8. The Morgan fingerprint density at radius 1 is 1.15 bits per heavy atom. The minimum Gasteiger partial charge on any atom is -0.490 e. The molecule has 0 radical (unpaired) electrons. The molecule has 40 heavy (non-hydrogen) atoms. The molecule has 0 unspecified atom stereocenters. The van der Waals surface area contributed by atoms with Crippen LogP contribution >= 0.6 is 34.5 Å². The van der Waals surface area contributed by atoms with Crippen LogP contribution in [0, 0.1) is 5.92 Å². The van der Waals surface area contributed by atoms with Gasteiger partial charge in [-0.2, -0.15) is 0 Å². The Kier molecular flexibility index (Phi) is 9.18. The topological polar surface area (TPSA) is 96.2 Å². The molecule has 4 rings (SSSR count). The van der Waals surface area contributed by atoms with Crippen molar-refractivity contribution in [2.45, 2.75) is 40.7 Å². The van der Waals surface area contributed by atoms with Crippen LogP contribution in [-0.2, 0) is 14.3 Å². The van der Waals surface area contributed by atoms with Crippen molar-refractivity contribution in [1.82, 2.24) is 4.57 Å². The third kappa shape index (κ3) is 6.32.